The number of aryl methyl sites for hydroxylation is 1. The lowest BCUT2D eigenvalue weighted by atomic mass is 10.1. The third kappa shape index (κ3) is 4.14. The number of pyridine rings is 1. The van der Waals surface area contributed by atoms with E-state index in [1.807, 2.05) is 73.7 Å². The highest BCUT2D eigenvalue weighted by atomic mass is 35.5. The fraction of sp³-hybridized carbons (Fsp3) is 0.120. The Morgan fingerprint density at radius 3 is 2.43 bits per heavy atom. The first-order valence-corrected chi connectivity index (χ1v) is 10.1. The second kappa shape index (κ2) is 8.56. The number of benzene rings is 3. The Morgan fingerprint density at radius 1 is 0.967 bits per heavy atom. The van der Waals surface area contributed by atoms with Gasteiger partial charge in [0.1, 0.15) is 0 Å². The third-order valence-electron chi connectivity index (χ3n) is 5.12. The van der Waals surface area contributed by atoms with E-state index in [-0.39, 0.29) is 11.5 Å². The number of fused-ring (bicyclic) bond motifs is 1. The van der Waals surface area contributed by atoms with E-state index in [4.69, 9.17) is 11.6 Å². The molecule has 0 bridgehead atoms. The maximum absolute atomic E-state index is 12.9. The van der Waals surface area contributed by atoms with E-state index in [9.17, 15) is 9.59 Å². The van der Waals surface area contributed by atoms with Crippen molar-refractivity contribution in [2.24, 2.45) is 0 Å². The number of hydrogen-bond donors (Lipinski definition) is 1. The highest BCUT2D eigenvalue weighted by molar-refractivity contribution is 6.31. The summed E-state index contributed by atoms with van der Waals surface area (Å²) in [5, 5.41) is 4.21. The Hall–Kier alpha value is -3.37. The molecule has 4 nitrogen and oxygen atoms in total. The van der Waals surface area contributed by atoms with Gasteiger partial charge in [0, 0.05) is 23.0 Å². The van der Waals surface area contributed by atoms with Crippen LogP contribution < -0.4 is 10.9 Å². The number of carbonyl (C=O) groups is 1. The topological polar surface area (TPSA) is 51.1 Å². The van der Waals surface area contributed by atoms with Crippen molar-refractivity contribution < 1.29 is 4.79 Å². The van der Waals surface area contributed by atoms with Crippen LogP contribution in [0.15, 0.2) is 83.7 Å². The molecule has 1 N–H and O–H groups in total. The summed E-state index contributed by atoms with van der Waals surface area (Å²) < 4.78 is 1.70. The average molecular weight is 417 g/mol. The van der Waals surface area contributed by atoms with Crippen molar-refractivity contribution in [3.05, 3.63) is 116 Å². The van der Waals surface area contributed by atoms with Gasteiger partial charge in [-0.3, -0.25) is 9.59 Å². The first-order valence-electron chi connectivity index (χ1n) is 9.72. The Kier molecular flexibility index (Phi) is 5.68. The van der Waals surface area contributed by atoms with E-state index in [0.717, 1.165) is 22.0 Å². The minimum atomic E-state index is -0.300. The summed E-state index contributed by atoms with van der Waals surface area (Å²) in [4.78, 5) is 25.8. The van der Waals surface area contributed by atoms with E-state index < -0.39 is 0 Å². The zero-order valence-corrected chi connectivity index (χ0v) is 17.3. The van der Waals surface area contributed by atoms with Crippen LogP contribution in [0.1, 0.15) is 27.0 Å². The highest BCUT2D eigenvalue weighted by Crippen LogP contribution is 2.19. The molecule has 0 saturated carbocycles. The number of carbonyl (C=O) groups excluding carboxylic acids is 1. The van der Waals surface area contributed by atoms with Gasteiger partial charge in [-0.1, -0.05) is 77.8 Å². The fourth-order valence-electron chi connectivity index (χ4n) is 3.47. The number of nitrogens with one attached hydrogen (secondary N) is 1. The molecule has 1 heterocycles. The van der Waals surface area contributed by atoms with Crippen LogP contribution in [0, 0.1) is 6.92 Å². The Labute approximate surface area is 179 Å². The summed E-state index contributed by atoms with van der Waals surface area (Å²) in [7, 11) is 0. The number of hydrogen-bond acceptors (Lipinski definition) is 2. The van der Waals surface area contributed by atoms with Crippen LogP contribution in [0.3, 0.4) is 0 Å². The lowest BCUT2D eigenvalue weighted by Gasteiger charge is -2.14. The molecule has 3 aromatic carbocycles. The number of para-hydroxylation sites is 1. The Morgan fingerprint density at radius 2 is 1.67 bits per heavy atom. The molecular formula is C25H21ClN2O2. The second-order valence-electron chi connectivity index (χ2n) is 7.26. The number of aromatic nitrogens is 1. The standard InChI is InChI=1S/C25H21ClN2O2/c1-17-10-12-18(13-11-17)16-28-23-9-5-3-7-20(23)21(14-24(28)29)25(30)27-15-19-6-2-4-8-22(19)26/h2-14H,15-16H2,1H3,(H,27,30). The zero-order chi connectivity index (χ0) is 21.1. The molecule has 30 heavy (non-hydrogen) atoms. The number of rotatable bonds is 5. The molecule has 0 unspecified atom stereocenters. The van der Waals surface area contributed by atoms with E-state index in [1.165, 1.54) is 11.6 Å². The van der Waals surface area contributed by atoms with E-state index in [2.05, 4.69) is 5.32 Å². The van der Waals surface area contributed by atoms with Crippen molar-refractivity contribution in [2.45, 2.75) is 20.0 Å². The predicted octanol–water partition coefficient (Wildman–Crippen LogP) is 4.94. The molecule has 0 atom stereocenters. The van der Waals surface area contributed by atoms with Crippen LogP contribution in [0.25, 0.3) is 10.9 Å². The van der Waals surface area contributed by atoms with Crippen molar-refractivity contribution in [3.8, 4) is 0 Å². The quantitative estimate of drug-likeness (QED) is 0.501. The highest BCUT2D eigenvalue weighted by Gasteiger charge is 2.15. The van der Waals surface area contributed by atoms with Crippen LogP contribution in [-0.2, 0) is 13.1 Å². The van der Waals surface area contributed by atoms with Gasteiger partial charge in [0.2, 0.25) is 0 Å². The van der Waals surface area contributed by atoms with Gasteiger partial charge in [-0.25, -0.2) is 0 Å². The van der Waals surface area contributed by atoms with E-state index in [0.29, 0.717) is 23.7 Å². The van der Waals surface area contributed by atoms with Crippen LogP contribution in [0.2, 0.25) is 5.02 Å². The van der Waals surface area contributed by atoms with Gasteiger partial charge in [-0.05, 0) is 30.2 Å². The minimum absolute atomic E-state index is 0.211. The first kappa shape index (κ1) is 19.9. The molecular weight excluding hydrogens is 396 g/mol. The molecule has 4 aromatic rings. The van der Waals surface area contributed by atoms with Gasteiger partial charge < -0.3 is 9.88 Å². The SMILES string of the molecule is Cc1ccc(Cn2c(=O)cc(C(=O)NCc3ccccc3Cl)c3ccccc32)cc1. The van der Waals surface area contributed by atoms with Gasteiger partial charge >= 0.3 is 0 Å². The Balaban J connectivity index is 1.68. The first-order chi connectivity index (χ1) is 14.5. The monoisotopic (exact) mass is 416 g/mol. The zero-order valence-electron chi connectivity index (χ0n) is 16.6. The lowest BCUT2D eigenvalue weighted by Crippen LogP contribution is -2.28. The molecule has 0 aliphatic heterocycles. The second-order valence-corrected chi connectivity index (χ2v) is 7.67. The number of halogens is 1. The van der Waals surface area contributed by atoms with Crippen LogP contribution >= 0.6 is 11.6 Å². The summed E-state index contributed by atoms with van der Waals surface area (Å²) in [5.74, 6) is -0.300. The van der Waals surface area contributed by atoms with E-state index >= 15 is 0 Å². The molecule has 0 saturated heterocycles. The summed E-state index contributed by atoms with van der Waals surface area (Å²) in [5.41, 5.74) is 3.91. The van der Waals surface area contributed by atoms with Gasteiger partial charge in [-0.15, -0.1) is 0 Å². The average Bonchev–Trinajstić information content (AvgIpc) is 2.76. The Bertz CT molecular complexity index is 1280. The molecule has 0 spiro atoms. The van der Waals surface area contributed by atoms with Gasteiger partial charge in [0.05, 0.1) is 17.6 Å². The van der Waals surface area contributed by atoms with Crippen molar-refractivity contribution in [3.63, 3.8) is 0 Å². The fourth-order valence-corrected chi connectivity index (χ4v) is 3.68. The molecule has 4 rings (SSSR count). The summed E-state index contributed by atoms with van der Waals surface area (Å²) in [6, 6.07) is 24.3. The molecule has 150 valence electrons. The molecule has 0 aliphatic carbocycles. The molecule has 0 fully saturated rings. The summed E-state index contributed by atoms with van der Waals surface area (Å²) in [6.45, 7) is 2.77. The smallest absolute Gasteiger partial charge is 0.252 e. The molecule has 0 radical (unpaired) electrons. The molecule has 1 amide bonds. The summed E-state index contributed by atoms with van der Waals surface area (Å²) in [6.07, 6.45) is 0. The molecule has 0 aliphatic rings. The van der Waals surface area contributed by atoms with Crippen LogP contribution in [-0.4, -0.2) is 10.5 Å². The summed E-state index contributed by atoms with van der Waals surface area (Å²) >= 11 is 6.18. The molecule has 5 heteroatoms. The lowest BCUT2D eigenvalue weighted by molar-refractivity contribution is 0.0952. The van der Waals surface area contributed by atoms with Gasteiger partial charge in [-0.2, -0.15) is 0 Å². The largest absolute Gasteiger partial charge is 0.348 e. The molecule has 1 aromatic heterocycles. The maximum atomic E-state index is 12.9. The van der Waals surface area contributed by atoms with Crippen molar-refractivity contribution >= 4 is 28.4 Å². The minimum Gasteiger partial charge on any atom is -0.348 e. The maximum Gasteiger partial charge on any atom is 0.252 e. The third-order valence-corrected chi connectivity index (χ3v) is 5.49. The van der Waals surface area contributed by atoms with Gasteiger partial charge in [0.15, 0.2) is 0 Å². The van der Waals surface area contributed by atoms with Crippen molar-refractivity contribution in [1.82, 2.24) is 9.88 Å². The number of nitrogens with zero attached hydrogens (tertiary/aromatic N) is 1. The normalized spacial score (nSPS) is 10.9. The van der Waals surface area contributed by atoms with Crippen LogP contribution in [0.4, 0.5) is 0 Å². The number of amides is 1. The van der Waals surface area contributed by atoms with Crippen molar-refractivity contribution in [2.75, 3.05) is 0 Å². The van der Waals surface area contributed by atoms with Crippen LogP contribution in [0.5, 0.6) is 0 Å². The van der Waals surface area contributed by atoms with Crippen molar-refractivity contribution in [1.29, 1.82) is 0 Å². The predicted molar refractivity (Wildman–Crippen MR) is 121 cm³/mol. The van der Waals surface area contributed by atoms with Gasteiger partial charge in [0.25, 0.3) is 11.5 Å². The van der Waals surface area contributed by atoms with E-state index in [1.54, 1.807) is 10.6 Å².